The largest absolute Gasteiger partial charge is 0.540 e. The molecule has 0 radical (unpaired) electrons. The summed E-state index contributed by atoms with van der Waals surface area (Å²) in [5.41, 5.74) is 1.86. The first-order valence-corrected chi connectivity index (χ1v) is 28.2. The molecule has 0 saturated carbocycles. The minimum Gasteiger partial charge on any atom is -0.488 e. The van der Waals surface area contributed by atoms with Crippen molar-refractivity contribution in [3.8, 4) is 22.6 Å². The molecule has 0 N–H and O–H groups in total. The summed E-state index contributed by atoms with van der Waals surface area (Å²) in [5.74, 6) is 1.35. The zero-order valence-corrected chi connectivity index (χ0v) is 40.6. The lowest BCUT2D eigenvalue weighted by Gasteiger charge is -2.32. The first-order valence-electron chi connectivity index (χ1n) is 21.6. The Bertz CT molecular complexity index is 1950. The molecule has 0 unspecified atom stereocenters. The van der Waals surface area contributed by atoms with Gasteiger partial charge in [-0.25, -0.2) is 0 Å². The zero-order chi connectivity index (χ0) is 43.6. The molecule has 0 amide bonds. The molecule has 0 spiro atoms. The standard InChI is InChI=1S/C50H60O8P2Si2/c1-7-53-61(54-8-2,55-9-3)39-51-45-35-25-37-47(59(41-27-17-13-18-28-41)42-29-19-14-20-30-42)49(45)50-46(52-40-62(56-10-4,57-11-5)58-12-6)36-26-38-48(50)60(43-31-21-15-22-32-43)44-33-23-16-24-34-44/h13-38H,7-12,39-40H2,1-6H3. The lowest BCUT2D eigenvalue weighted by molar-refractivity contribution is 0.0533. The Balaban J connectivity index is 1.71. The highest BCUT2D eigenvalue weighted by atomic mass is 31.1. The molecule has 0 fully saturated rings. The molecular formula is C50H60O8P2Si2. The van der Waals surface area contributed by atoms with E-state index in [2.05, 4.69) is 158 Å². The van der Waals surface area contributed by atoms with E-state index in [0.717, 1.165) is 21.7 Å². The van der Waals surface area contributed by atoms with Gasteiger partial charge in [0.25, 0.3) is 0 Å². The maximum atomic E-state index is 7.12. The number of hydrogen-bond acceptors (Lipinski definition) is 8. The van der Waals surface area contributed by atoms with E-state index in [1.165, 1.54) is 21.2 Å². The van der Waals surface area contributed by atoms with Gasteiger partial charge in [-0.3, -0.25) is 0 Å². The minimum atomic E-state index is -3.28. The number of rotatable bonds is 25. The van der Waals surface area contributed by atoms with Crippen LogP contribution in [0.25, 0.3) is 11.1 Å². The summed E-state index contributed by atoms with van der Waals surface area (Å²) in [7, 11) is -8.86. The lowest BCUT2D eigenvalue weighted by Crippen LogP contribution is -2.52. The second kappa shape index (κ2) is 24.1. The van der Waals surface area contributed by atoms with Gasteiger partial charge in [0.2, 0.25) is 0 Å². The van der Waals surface area contributed by atoms with Crippen molar-refractivity contribution in [3.05, 3.63) is 158 Å². The van der Waals surface area contributed by atoms with Crippen molar-refractivity contribution in [3.63, 3.8) is 0 Å². The molecule has 0 aliphatic heterocycles. The fourth-order valence-corrected chi connectivity index (χ4v) is 16.7. The number of benzene rings is 6. The van der Waals surface area contributed by atoms with Gasteiger partial charge in [-0.1, -0.05) is 146 Å². The van der Waals surface area contributed by atoms with Gasteiger partial charge in [-0.15, -0.1) is 0 Å². The molecule has 0 heterocycles. The zero-order valence-electron chi connectivity index (χ0n) is 36.8. The van der Waals surface area contributed by atoms with Crippen LogP contribution >= 0.6 is 15.8 Å². The minimum absolute atomic E-state index is 0.118. The Kier molecular flexibility index (Phi) is 18.5. The van der Waals surface area contributed by atoms with Crippen LogP contribution in [0.4, 0.5) is 0 Å². The van der Waals surface area contributed by atoms with E-state index < -0.39 is 33.5 Å². The van der Waals surface area contributed by atoms with Crippen molar-refractivity contribution in [1.29, 1.82) is 0 Å². The predicted octanol–water partition coefficient (Wildman–Crippen LogP) is 8.80. The van der Waals surface area contributed by atoms with Gasteiger partial charge in [-0.2, -0.15) is 0 Å². The van der Waals surface area contributed by atoms with Crippen LogP contribution in [-0.4, -0.2) is 69.7 Å². The van der Waals surface area contributed by atoms with Gasteiger partial charge in [0.1, 0.15) is 11.5 Å². The number of hydrogen-bond donors (Lipinski definition) is 0. The summed E-state index contributed by atoms with van der Waals surface area (Å²) in [6.45, 7) is 14.4. The average Bonchev–Trinajstić information content (AvgIpc) is 3.30. The van der Waals surface area contributed by atoms with Crippen molar-refractivity contribution in [1.82, 2.24) is 0 Å². The first-order chi connectivity index (χ1) is 30.5. The van der Waals surface area contributed by atoms with E-state index in [1.54, 1.807) is 0 Å². The normalized spacial score (nSPS) is 11.9. The first kappa shape index (κ1) is 47.5. The molecule has 0 aliphatic carbocycles. The molecule has 12 heteroatoms. The fraction of sp³-hybridized carbons (Fsp3) is 0.280. The highest BCUT2D eigenvalue weighted by Crippen LogP contribution is 2.47. The molecule has 62 heavy (non-hydrogen) atoms. The molecule has 0 saturated heterocycles. The van der Waals surface area contributed by atoms with Crippen LogP contribution in [-0.2, 0) is 26.6 Å². The number of ether oxygens (including phenoxy) is 2. The van der Waals surface area contributed by atoms with Crippen molar-refractivity contribution in [2.24, 2.45) is 0 Å². The summed E-state index contributed by atoms with van der Waals surface area (Å²) in [4.78, 5) is 0. The molecule has 0 bridgehead atoms. The fourth-order valence-electron chi connectivity index (χ4n) is 7.47. The second-order valence-corrected chi connectivity index (χ2v) is 23.3. The van der Waals surface area contributed by atoms with Crippen LogP contribution in [0.1, 0.15) is 41.5 Å². The summed E-state index contributed by atoms with van der Waals surface area (Å²) < 4.78 is 52.4. The van der Waals surface area contributed by atoms with E-state index in [4.69, 9.17) is 36.0 Å². The van der Waals surface area contributed by atoms with E-state index in [-0.39, 0.29) is 12.5 Å². The molecule has 8 nitrogen and oxygen atoms in total. The Morgan fingerprint density at radius 2 is 0.581 bits per heavy atom. The highest BCUT2D eigenvalue weighted by Gasteiger charge is 2.44. The third kappa shape index (κ3) is 11.8. The molecule has 6 rings (SSSR count). The van der Waals surface area contributed by atoms with Gasteiger partial charge < -0.3 is 36.0 Å². The van der Waals surface area contributed by atoms with Gasteiger partial charge >= 0.3 is 17.6 Å². The smallest absolute Gasteiger partial charge is 0.488 e. The lowest BCUT2D eigenvalue weighted by atomic mass is 10.0. The summed E-state index contributed by atoms with van der Waals surface area (Å²) in [6.07, 6.45) is 0.236. The predicted molar refractivity (Wildman–Crippen MR) is 262 cm³/mol. The Morgan fingerprint density at radius 3 is 0.823 bits per heavy atom. The second-order valence-electron chi connectivity index (χ2n) is 13.9. The van der Waals surface area contributed by atoms with Crippen LogP contribution in [0.2, 0.25) is 0 Å². The highest BCUT2D eigenvalue weighted by molar-refractivity contribution is 7.80. The van der Waals surface area contributed by atoms with E-state index in [1.807, 2.05) is 41.5 Å². The van der Waals surface area contributed by atoms with Crippen LogP contribution in [0, 0.1) is 0 Å². The van der Waals surface area contributed by atoms with Crippen molar-refractivity contribution in [2.45, 2.75) is 41.5 Å². The molecular weight excluding hydrogens is 847 g/mol. The Labute approximate surface area is 373 Å². The molecule has 0 atom stereocenters. The Hall–Kier alpha value is -4.03. The van der Waals surface area contributed by atoms with E-state index in [9.17, 15) is 0 Å². The van der Waals surface area contributed by atoms with Gasteiger partial charge in [0.05, 0.1) is 0 Å². The average molecular weight is 907 g/mol. The van der Waals surface area contributed by atoms with Crippen LogP contribution in [0.15, 0.2) is 158 Å². The molecule has 0 aromatic heterocycles. The van der Waals surface area contributed by atoms with Crippen molar-refractivity contribution in [2.75, 3.05) is 52.1 Å². The molecule has 6 aromatic rings. The van der Waals surface area contributed by atoms with E-state index >= 15 is 0 Å². The monoisotopic (exact) mass is 906 g/mol. The third-order valence-corrected chi connectivity index (χ3v) is 20.1. The maximum Gasteiger partial charge on any atom is 0.540 e. The maximum absolute atomic E-state index is 7.12. The van der Waals surface area contributed by atoms with E-state index in [0.29, 0.717) is 51.1 Å². The summed E-state index contributed by atoms with van der Waals surface area (Å²) in [5, 5.41) is 7.05. The summed E-state index contributed by atoms with van der Waals surface area (Å²) >= 11 is 0. The molecule has 0 aliphatic rings. The third-order valence-electron chi connectivity index (χ3n) is 9.79. The van der Waals surface area contributed by atoms with Crippen LogP contribution in [0.3, 0.4) is 0 Å². The molecule has 326 valence electrons. The van der Waals surface area contributed by atoms with Crippen LogP contribution < -0.4 is 41.3 Å². The quantitative estimate of drug-likeness (QED) is 0.0418. The van der Waals surface area contributed by atoms with Gasteiger partial charge in [-0.05, 0) is 101 Å². The van der Waals surface area contributed by atoms with Crippen molar-refractivity contribution < 1.29 is 36.0 Å². The molecule has 6 aromatic carbocycles. The summed E-state index contributed by atoms with van der Waals surface area (Å²) in [6, 6.07) is 55.8. The van der Waals surface area contributed by atoms with Crippen LogP contribution in [0.5, 0.6) is 11.5 Å². The topological polar surface area (TPSA) is 73.8 Å². The Morgan fingerprint density at radius 1 is 0.323 bits per heavy atom. The van der Waals surface area contributed by atoms with Crippen molar-refractivity contribution >= 4 is 65.3 Å². The SMILES string of the molecule is CCO[Si](COc1cccc(P(c2ccccc2)c2ccccc2)c1-c1c(OC[Si](OCC)(OCC)OCC)cccc1P(c1ccccc1)c1ccccc1)(OCC)OCC. The van der Waals surface area contributed by atoms with Gasteiger partial charge in [0, 0.05) is 50.8 Å². The van der Waals surface area contributed by atoms with Gasteiger partial charge in [0.15, 0.2) is 12.5 Å².